The number of nitrogens with one attached hydrogen (secondary N) is 1. The molecule has 1 aliphatic heterocycles. The van der Waals surface area contributed by atoms with Crippen LogP contribution in [0.25, 0.3) is 10.9 Å². The minimum absolute atomic E-state index is 0.0682. The van der Waals surface area contributed by atoms with Crippen molar-refractivity contribution in [3.63, 3.8) is 0 Å². The van der Waals surface area contributed by atoms with E-state index < -0.39 is 17.2 Å². The molecular formula is C17H18FN3O4. The van der Waals surface area contributed by atoms with Crippen molar-refractivity contribution in [1.82, 2.24) is 9.88 Å². The molecule has 25 heavy (non-hydrogen) atoms. The van der Waals surface area contributed by atoms with Crippen LogP contribution in [0.4, 0.5) is 14.9 Å². The van der Waals surface area contributed by atoms with Gasteiger partial charge in [-0.15, -0.1) is 0 Å². The summed E-state index contributed by atoms with van der Waals surface area (Å²) in [6, 6.07) is 2.05. The molecule has 1 atom stereocenters. The van der Waals surface area contributed by atoms with Crippen LogP contribution in [0.15, 0.2) is 23.1 Å². The molecule has 2 heterocycles. The maximum atomic E-state index is 14.6. The third kappa shape index (κ3) is 2.73. The SMILES string of the molecule is CCn1cc(C(=O)OC)c(=O)c2cc(F)c(N3CC(C)NC3=O)cc21. The predicted molar refractivity (Wildman–Crippen MR) is 90.5 cm³/mol. The minimum atomic E-state index is -0.772. The Labute approximate surface area is 143 Å². The largest absolute Gasteiger partial charge is 0.465 e. The first kappa shape index (κ1) is 16.9. The lowest BCUT2D eigenvalue weighted by atomic mass is 10.1. The van der Waals surface area contributed by atoms with Crippen LogP contribution in [0, 0.1) is 5.82 Å². The van der Waals surface area contributed by atoms with Crippen molar-refractivity contribution < 1.29 is 18.7 Å². The molecule has 0 saturated carbocycles. The molecule has 8 heteroatoms. The van der Waals surface area contributed by atoms with Crippen molar-refractivity contribution >= 4 is 28.6 Å². The number of esters is 1. The Hall–Kier alpha value is -2.90. The van der Waals surface area contributed by atoms with Gasteiger partial charge in [0.2, 0.25) is 5.43 Å². The number of aromatic nitrogens is 1. The summed E-state index contributed by atoms with van der Waals surface area (Å²) < 4.78 is 20.9. The number of halogens is 1. The third-order valence-electron chi connectivity index (χ3n) is 4.26. The van der Waals surface area contributed by atoms with Crippen molar-refractivity contribution in [2.75, 3.05) is 18.6 Å². The molecule has 132 valence electrons. The Balaban J connectivity index is 2.26. The van der Waals surface area contributed by atoms with Crippen LogP contribution in [0.1, 0.15) is 24.2 Å². The Morgan fingerprint density at radius 3 is 2.68 bits per heavy atom. The highest BCUT2D eigenvalue weighted by Crippen LogP contribution is 2.27. The van der Waals surface area contributed by atoms with E-state index >= 15 is 0 Å². The molecule has 0 spiro atoms. The minimum Gasteiger partial charge on any atom is -0.465 e. The lowest BCUT2D eigenvalue weighted by molar-refractivity contribution is 0.0598. The fourth-order valence-corrected chi connectivity index (χ4v) is 3.02. The molecule has 1 unspecified atom stereocenters. The first-order valence-corrected chi connectivity index (χ1v) is 7.90. The van der Waals surface area contributed by atoms with Gasteiger partial charge in [-0.3, -0.25) is 9.69 Å². The number of urea groups is 1. The van der Waals surface area contributed by atoms with Crippen LogP contribution in [-0.4, -0.2) is 36.3 Å². The number of hydrogen-bond donors (Lipinski definition) is 1. The van der Waals surface area contributed by atoms with Crippen molar-refractivity contribution in [2.45, 2.75) is 26.4 Å². The zero-order valence-corrected chi connectivity index (χ0v) is 14.1. The molecule has 1 N–H and O–H groups in total. The van der Waals surface area contributed by atoms with E-state index in [-0.39, 0.29) is 28.7 Å². The zero-order valence-electron chi connectivity index (χ0n) is 14.1. The summed E-state index contributed by atoms with van der Waals surface area (Å²) in [6.07, 6.45) is 1.39. The highest BCUT2D eigenvalue weighted by atomic mass is 19.1. The first-order chi connectivity index (χ1) is 11.9. The van der Waals surface area contributed by atoms with E-state index in [9.17, 15) is 18.8 Å². The van der Waals surface area contributed by atoms with Crippen LogP contribution in [0.2, 0.25) is 0 Å². The highest BCUT2D eigenvalue weighted by molar-refractivity contribution is 5.98. The Morgan fingerprint density at radius 1 is 1.40 bits per heavy atom. The number of benzene rings is 1. The number of hydrogen-bond acceptors (Lipinski definition) is 4. The summed E-state index contributed by atoms with van der Waals surface area (Å²) in [7, 11) is 1.18. The number of fused-ring (bicyclic) bond motifs is 1. The van der Waals surface area contributed by atoms with E-state index in [4.69, 9.17) is 0 Å². The number of carbonyl (C=O) groups is 2. The fourth-order valence-electron chi connectivity index (χ4n) is 3.02. The van der Waals surface area contributed by atoms with Gasteiger partial charge in [0.25, 0.3) is 0 Å². The van der Waals surface area contributed by atoms with E-state index in [1.54, 1.807) is 4.57 Å². The summed E-state index contributed by atoms with van der Waals surface area (Å²) in [6.45, 7) is 4.44. The molecule has 1 aliphatic rings. The first-order valence-electron chi connectivity index (χ1n) is 7.90. The summed E-state index contributed by atoms with van der Waals surface area (Å²) >= 11 is 0. The van der Waals surface area contributed by atoms with Gasteiger partial charge in [0.15, 0.2) is 0 Å². The summed E-state index contributed by atoms with van der Waals surface area (Å²) in [5, 5.41) is 2.77. The molecule has 2 amide bonds. The number of rotatable bonds is 3. The van der Waals surface area contributed by atoms with Gasteiger partial charge < -0.3 is 14.6 Å². The number of ether oxygens (including phenoxy) is 1. The summed E-state index contributed by atoms with van der Waals surface area (Å²) in [5.74, 6) is -1.47. The van der Waals surface area contributed by atoms with Gasteiger partial charge in [-0.1, -0.05) is 0 Å². The number of carbonyl (C=O) groups excluding carboxylic acids is 2. The van der Waals surface area contributed by atoms with Crippen molar-refractivity contribution in [3.8, 4) is 0 Å². The van der Waals surface area contributed by atoms with Gasteiger partial charge >= 0.3 is 12.0 Å². The van der Waals surface area contributed by atoms with Crippen LogP contribution >= 0.6 is 0 Å². The standard InChI is InChI=1S/C17H18FN3O4/c1-4-20-8-11(16(23)25-3)15(22)10-5-12(18)14(6-13(10)20)21-7-9(2)19-17(21)24/h5-6,8-9H,4,7H2,1-3H3,(H,19,24). The topological polar surface area (TPSA) is 80.6 Å². The number of pyridine rings is 1. The number of aryl methyl sites for hydroxylation is 1. The summed E-state index contributed by atoms with van der Waals surface area (Å²) in [4.78, 5) is 37.6. The molecule has 3 rings (SSSR count). The number of amides is 2. The average Bonchev–Trinajstić information content (AvgIpc) is 2.92. The van der Waals surface area contributed by atoms with Gasteiger partial charge in [-0.25, -0.2) is 14.0 Å². The Bertz CT molecular complexity index is 938. The molecule has 1 aromatic heterocycles. The number of methoxy groups -OCH3 is 1. The van der Waals surface area contributed by atoms with Gasteiger partial charge in [-0.2, -0.15) is 0 Å². The van der Waals surface area contributed by atoms with Gasteiger partial charge in [0, 0.05) is 30.7 Å². The van der Waals surface area contributed by atoms with Gasteiger partial charge in [-0.05, 0) is 26.0 Å². The second-order valence-corrected chi connectivity index (χ2v) is 5.93. The summed E-state index contributed by atoms with van der Waals surface area (Å²) in [5.41, 5.74) is -0.210. The second kappa shape index (κ2) is 6.19. The van der Waals surface area contributed by atoms with Crippen LogP contribution in [0.5, 0.6) is 0 Å². The molecule has 0 radical (unpaired) electrons. The fraction of sp³-hybridized carbons (Fsp3) is 0.353. The van der Waals surface area contributed by atoms with Crippen molar-refractivity contribution in [2.24, 2.45) is 0 Å². The van der Waals surface area contributed by atoms with Crippen molar-refractivity contribution in [1.29, 1.82) is 0 Å². The van der Waals surface area contributed by atoms with Gasteiger partial charge in [0.1, 0.15) is 11.4 Å². The van der Waals surface area contributed by atoms with Crippen LogP contribution in [0.3, 0.4) is 0 Å². The molecule has 0 aliphatic carbocycles. The zero-order chi connectivity index (χ0) is 18.3. The Kier molecular flexibility index (Phi) is 4.20. The third-order valence-corrected chi connectivity index (χ3v) is 4.26. The van der Waals surface area contributed by atoms with Crippen molar-refractivity contribution in [3.05, 3.63) is 39.9 Å². The monoisotopic (exact) mass is 347 g/mol. The van der Waals surface area contributed by atoms with Crippen LogP contribution in [-0.2, 0) is 11.3 Å². The Morgan fingerprint density at radius 2 is 2.12 bits per heavy atom. The van der Waals surface area contributed by atoms with Gasteiger partial charge in [0.05, 0.1) is 18.3 Å². The molecule has 0 bridgehead atoms. The predicted octanol–water partition coefficient (Wildman–Crippen LogP) is 1.87. The highest BCUT2D eigenvalue weighted by Gasteiger charge is 2.29. The normalized spacial score (nSPS) is 17.0. The molecule has 2 aromatic rings. The van der Waals surface area contributed by atoms with E-state index in [1.807, 2.05) is 13.8 Å². The molecule has 1 fully saturated rings. The molecular weight excluding hydrogens is 329 g/mol. The maximum Gasteiger partial charge on any atom is 0.343 e. The number of anilines is 1. The average molecular weight is 347 g/mol. The lowest BCUT2D eigenvalue weighted by Gasteiger charge is -2.18. The van der Waals surface area contributed by atoms with Crippen LogP contribution < -0.4 is 15.6 Å². The number of nitrogens with zero attached hydrogens (tertiary/aromatic N) is 2. The molecule has 7 nitrogen and oxygen atoms in total. The second-order valence-electron chi connectivity index (χ2n) is 5.93. The quantitative estimate of drug-likeness (QED) is 0.860. The van der Waals surface area contributed by atoms with E-state index in [2.05, 4.69) is 10.1 Å². The maximum absolute atomic E-state index is 14.6. The molecule has 1 saturated heterocycles. The smallest absolute Gasteiger partial charge is 0.343 e. The van der Waals surface area contributed by atoms with E-state index in [1.165, 1.54) is 24.3 Å². The lowest BCUT2D eigenvalue weighted by Crippen LogP contribution is -2.29. The molecule has 1 aromatic carbocycles. The van der Waals surface area contributed by atoms with E-state index in [0.29, 0.717) is 18.6 Å². The van der Waals surface area contributed by atoms with E-state index in [0.717, 1.165) is 6.07 Å².